The van der Waals surface area contributed by atoms with Gasteiger partial charge in [-0.3, -0.25) is 4.79 Å². The maximum atomic E-state index is 12.5. The minimum absolute atomic E-state index is 0.133. The number of ether oxygens (including phenoxy) is 2. The molecular formula is C24H24N6O5S2. The Bertz CT molecular complexity index is 1540. The number of nitrogens with zero attached hydrogens (tertiary/aromatic N) is 4. The number of anilines is 1. The second-order valence-corrected chi connectivity index (χ2v) is 11.0. The SMILES string of the molecule is Cc1ccc(S(=O)(=O)NCCc2nnc3ccc(SCC(=O)Nc4ccc5c(c4)OCCO5)nn23)cc1. The third kappa shape index (κ3) is 6.01. The fraction of sp³-hybridized carbons (Fsp3) is 0.250. The number of nitrogens with one attached hydrogen (secondary N) is 2. The normalized spacial score (nSPS) is 13.0. The number of carbonyl (C=O) groups excluding carboxylic acids is 1. The van der Waals surface area contributed by atoms with Crippen LogP contribution in [0.15, 0.2) is 64.5 Å². The van der Waals surface area contributed by atoms with E-state index < -0.39 is 10.0 Å². The van der Waals surface area contributed by atoms with Crippen LogP contribution < -0.4 is 19.5 Å². The van der Waals surface area contributed by atoms with Crippen molar-refractivity contribution in [1.29, 1.82) is 0 Å². The molecule has 2 N–H and O–H groups in total. The predicted molar refractivity (Wildman–Crippen MR) is 138 cm³/mol. The van der Waals surface area contributed by atoms with Crippen LogP contribution in [-0.2, 0) is 21.2 Å². The Morgan fingerprint density at radius 1 is 1.03 bits per heavy atom. The van der Waals surface area contributed by atoms with E-state index in [1.54, 1.807) is 59.1 Å². The Kier molecular flexibility index (Phi) is 7.26. The zero-order valence-electron chi connectivity index (χ0n) is 19.9. The van der Waals surface area contributed by atoms with Crippen molar-refractivity contribution in [2.75, 3.05) is 30.8 Å². The van der Waals surface area contributed by atoms with E-state index in [9.17, 15) is 13.2 Å². The molecule has 2 aromatic carbocycles. The second kappa shape index (κ2) is 10.7. The summed E-state index contributed by atoms with van der Waals surface area (Å²) in [6.07, 6.45) is 0.290. The Morgan fingerprint density at radius 3 is 2.62 bits per heavy atom. The molecular weight excluding hydrogens is 516 g/mol. The van der Waals surface area contributed by atoms with Gasteiger partial charge in [-0.25, -0.2) is 13.1 Å². The van der Waals surface area contributed by atoms with E-state index in [2.05, 4.69) is 25.3 Å². The molecule has 0 fully saturated rings. The van der Waals surface area contributed by atoms with Crippen molar-refractivity contribution in [2.45, 2.75) is 23.3 Å². The first-order valence-electron chi connectivity index (χ1n) is 11.5. The Balaban J connectivity index is 1.18. The van der Waals surface area contributed by atoms with Crippen molar-refractivity contribution in [3.05, 3.63) is 66.0 Å². The van der Waals surface area contributed by atoms with Crippen LogP contribution in [0, 0.1) is 6.92 Å². The highest BCUT2D eigenvalue weighted by Crippen LogP contribution is 2.32. The topological polar surface area (TPSA) is 137 Å². The molecule has 1 aliphatic heterocycles. The number of rotatable bonds is 9. The summed E-state index contributed by atoms with van der Waals surface area (Å²) in [7, 11) is -3.63. The van der Waals surface area contributed by atoms with E-state index in [-0.39, 0.29) is 29.5 Å². The highest BCUT2D eigenvalue weighted by atomic mass is 32.2. The number of hydrogen-bond acceptors (Lipinski definition) is 9. The van der Waals surface area contributed by atoms with Gasteiger partial charge in [0.15, 0.2) is 23.0 Å². The first-order chi connectivity index (χ1) is 17.9. The van der Waals surface area contributed by atoms with E-state index in [4.69, 9.17) is 9.47 Å². The molecule has 0 aliphatic carbocycles. The Labute approximate surface area is 217 Å². The summed E-state index contributed by atoms with van der Waals surface area (Å²) in [6, 6.07) is 15.4. The molecule has 1 aliphatic rings. The molecule has 0 unspecified atom stereocenters. The van der Waals surface area contributed by atoms with Crippen LogP contribution in [0.25, 0.3) is 5.65 Å². The van der Waals surface area contributed by atoms with Crippen LogP contribution in [-0.4, -0.2) is 59.6 Å². The third-order valence-electron chi connectivity index (χ3n) is 5.45. The van der Waals surface area contributed by atoms with Gasteiger partial charge in [-0.2, -0.15) is 9.61 Å². The van der Waals surface area contributed by atoms with Gasteiger partial charge in [0.05, 0.1) is 10.6 Å². The number of sulfonamides is 1. The number of fused-ring (bicyclic) bond motifs is 2. The third-order valence-corrected chi connectivity index (χ3v) is 7.85. The second-order valence-electron chi connectivity index (χ2n) is 8.21. The molecule has 5 rings (SSSR count). The zero-order chi connectivity index (χ0) is 25.8. The molecule has 37 heavy (non-hydrogen) atoms. The number of thioether (sulfide) groups is 1. The van der Waals surface area contributed by atoms with Gasteiger partial charge < -0.3 is 14.8 Å². The Hall–Kier alpha value is -3.68. The Morgan fingerprint density at radius 2 is 1.81 bits per heavy atom. The van der Waals surface area contributed by atoms with E-state index in [1.807, 2.05) is 6.92 Å². The van der Waals surface area contributed by atoms with Crippen LogP contribution in [0.3, 0.4) is 0 Å². The zero-order valence-corrected chi connectivity index (χ0v) is 21.5. The summed E-state index contributed by atoms with van der Waals surface area (Å²) in [5.41, 5.74) is 2.13. The fourth-order valence-corrected chi connectivity index (χ4v) is 5.29. The highest BCUT2D eigenvalue weighted by Gasteiger charge is 2.16. The number of carbonyl (C=O) groups is 1. The summed E-state index contributed by atoms with van der Waals surface area (Å²) in [5.74, 6) is 1.71. The lowest BCUT2D eigenvalue weighted by atomic mass is 10.2. The number of amides is 1. The molecule has 11 nitrogen and oxygen atoms in total. The highest BCUT2D eigenvalue weighted by molar-refractivity contribution is 7.99. The van der Waals surface area contributed by atoms with Gasteiger partial charge in [0, 0.05) is 24.7 Å². The maximum Gasteiger partial charge on any atom is 0.240 e. The van der Waals surface area contributed by atoms with Crippen molar-refractivity contribution in [1.82, 2.24) is 24.5 Å². The smallest absolute Gasteiger partial charge is 0.240 e. The number of aryl methyl sites for hydroxylation is 1. The van der Waals surface area contributed by atoms with Crippen LogP contribution in [0.4, 0.5) is 5.69 Å². The quantitative estimate of drug-likeness (QED) is 0.307. The predicted octanol–water partition coefficient (Wildman–Crippen LogP) is 2.46. The van der Waals surface area contributed by atoms with Gasteiger partial charge in [0.1, 0.15) is 18.2 Å². The molecule has 2 aromatic heterocycles. The molecule has 0 atom stereocenters. The molecule has 1 amide bonds. The monoisotopic (exact) mass is 540 g/mol. The largest absolute Gasteiger partial charge is 0.486 e. The molecule has 0 spiro atoms. The molecule has 0 saturated carbocycles. The van der Waals surface area contributed by atoms with Gasteiger partial charge in [-0.05, 0) is 43.3 Å². The number of hydrogen-bond donors (Lipinski definition) is 2. The van der Waals surface area contributed by atoms with Gasteiger partial charge in [0.25, 0.3) is 0 Å². The number of aromatic nitrogens is 4. The molecule has 3 heterocycles. The van der Waals surface area contributed by atoms with Crippen molar-refractivity contribution in [3.63, 3.8) is 0 Å². The summed E-state index contributed by atoms with van der Waals surface area (Å²) < 4.78 is 40.2. The lowest BCUT2D eigenvalue weighted by Gasteiger charge is -2.18. The minimum Gasteiger partial charge on any atom is -0.486 e. The maximum absolute atomic E-state index is 12.5. The van der Waals surface area contributed by atoms with Crippen molar-refractivity contribution in [3.8, 4) is 11.5 Å². The van der Waals surface area contributed by atoms with E-state index >= 15 is 0 Å². The average molecular weight is 541 g/mol. The first kappa shape index (κ1) is 25.0. The molecule has 0 radical (unpaired) electrons. The average Bonchev–Trinajstić information content (AvgIpc) is 3.30. The van der Waals surface area contributed by atoms with E-state index in [0.29, 0.717) is 46.9 Å². The molecule has 192 valence electrons. The van der Waals surface area contributed by atoms with Crippen molar-refractivity contribution >= 4 is 39.0 Å². The van der Waals surface area contributed by atoms with Crippen LogP contribution in [0.5, 0.6) is 11.5 Å². The summed E-state index contributed by atoms with van der Waals surface area (Å²) in [5, 5.41) is 16.2. The van der Waals surface area contributed by atoms with Crippen LogP contribution in [0.2, 0.25) is 0 Å². The van der Waals surface area contributed by atoms with Crippen LogP contribution >= 0.6 is 11.8 Å². The van der Waals surface area contributed by atoms with Gasteiger partial charge >= 0.3 is 0 Å². The molecule has 0 bridgehead atoms. The molecule has 13 heteroatoms. The first-order valence-corrected chi connectivity index (χ1v) is 13.9. The lowest BCUT2D eigenvalue weighted by Crippen LogP contribution is -2.26. The standard InChI is InChI=1S/C24H24N6O5S2/c1-16-2-5-18(6-3-16)37(32,33)25-11-10-22-28-27-21-8-9-24(29-30(21)22)36-15-23(31)26-17-4-7-19-20(14-17)35-13-12-34-19/h2-9,14,25H,10-13,15H2,1H3,(H,26,31). The summed E-state index contributed by atoms with van der Waals surface area (Å²) in [4.78, 5) is 12.7. The van der Waals surface area contributed by atoms with Crippen LogP contribution in [0.1, 0.15) is 11.4 Å². The van der Waals surface area contributed by atoms with Crippen molar-refractivity contribution in [2.24, 2.45) is 0 Å². The van der Waals surface area contributed by atoms with E-state index in [1.165, 1.54) is 11.8 Å². The fourth-order valence-electron chi connectivity index (χ4n) is 3.60. The summed E-state index contributed by atoms with van der Waals surface area (Å²) >= 11 is 1.26. The van der Waals surface area contributed by atoms with E-state index in [0.717, 1.165) is 5.56 Å². The lowest BCUT2D eigenvalue weighted by molar-refractivity contribution is -0.113. The summed E-state index contributed by atoms with van der Waals surface area (Å²) in [6.45, 7) is 3.00. The number of benzene rings is 2. The van der Waals surface area contributed by atoms with Crippen molar-refractivity contribution < 1.29 is 22.7 Å². The van der Waals surface area contributed by atoms with Gasteiger partial charge in [-0.15, -0.1) is 10.2 Å². The minimum atomic E-state index is -3.63. The van der Waals surface area contributed by atoms with Gasteiger partial charge in [0.2, 0.25) is 15.9 Å². The molecule has 0 saturated heterocycles. The van der Waals surface area contributed by atoms with Gasteiger partial charge in [-0.1, -0.05) is 29.5 Å². The molecule has 4 aromatic rings.